The molecule has 0 aliphatic carbocycles. The highest BCUT2D eigenvalue weighted by molar-refractivity contribution is 7.80. The number of aliphatic hydroxyl groups is 1. The number of carbonyl (C=O) groups excluding carboxylic acids is 1. The van der Waals surface area contributed by atoms with Gasteiger partial charge in [0, 0.05) is 43.2 Å². The maximum atomic E-state index is 12.4. The van der Waals surface area contributed by atoms with Crippen molar-refractivity contribution in [3.8, 4) is 0 Å². The van der Waals surface area contributed by atoms with Crippen LogP contribution in [-0.2, 0) is 0 Å². The number of thiol groups is 1. The highest BCUT2D eigenvalue weighted by atomic mass is 32.1. The van der Waals surface area contributed by atoms with E-state index in [0.29, 0.717) is 25.2 Å². The molecule has 5 heteroatoms. The average molecular weight is 294 g/mol. The molecule has 1 aliphatic rings. The molecule has 20 heavy (non-hydrogen) atoms. The van der Waals surface area contributed by atoms with Crippen LogP contribution in [0.1, 0.15) is 24.2 Å². The molecule has 1 aromatic carbocycles. The van der Waals surface area contributed by atoms with E-state index < -0.39 is 5.60 Å². The number of hydrogen-bond donors (Lipinski definition) is 2. The molecule has 1 N–H and O–H groups in total. The van der Waals surface area contributed by atoms with Gasteiger partial charge < -0.3 is 10.0 Å². The summed E-state index contributed by atoms with van der Waals surface area (Å²) in [6.07, 6.45) is 0. The summed E-state index contributed by atoms with van der Waals surface area (Å²) < 4.78 is 0. The summed E-state index contributed by atoms with van der Waals surface area (Å²) in [5.74, 6) is 0.0591. The summed E-state index contributed by atoms with van der Waals surface area (Å²) in [6.45, 7) is 7.26. The standard InChI is InChI=1S/C15H22N2O2S/c1-15(2,19)11-16-6-8-17(9-7-16)14(18)12-4-3-5-13(20)10-12/h3-5,10,19-20H,6-9,11H2,1-2H3. The molecule has 0 aromatic heterocycles. The number of amides is 1. The maximum Gasteiger partial charge on any atom is 0.253 e. The van der Waals surface area contributed by atoms with Gasteiger partial charge in [-0.05, 0) is 32.0 Å². The second kappa shape index (κ2) is 6.16. The van der Waals surface area contributed by atoms with Crippen LogP contribution >= 0.6 is 12.6 Å². The predicted molar refractivity (Wildman–Crippen MR) is 82.3 cm³/mol. The van der Waals surface area contributed by atoms with Crippen LogP contribution in [-0.4, -0.2) is 59.1 Å². The lowest BCUT2D eigenvalue weighted by atomic mass is 10.1. The van der Waals surface area contributed by atoms with E-state index in [-0.39, 0.29) is 5.91 Å². The van der Waals surface area contributed by atoms with Gasteiger partial charge in [-0.15, -0.1) is 12.6 Å². The van der Waals surface area contributed by atoms with Crippen molar-refractivity contribution in [2.45, 2.75) is 24.3 Å². The molecule has 1 aromatic rings. The van der Waals surface area contributed by atoms with Crippen LogP contribution in [0.5, 0.6) is 0 Å². The van der Waals surface area contributed by atoms with Crippen molar-refractivity contribution in [2.24, 2.45) is 0 Å². The van der Waals surface area contributed by atoms with Gasteiger partial charge in [-0.25, -0.2) is 0 Å². The third kappa shape index (κ3) is 4.23. The van der Waals surface area contributed by atoms with E-state index in [1.54, 1.807) is 6.07 Å². The minimum atomic E-state index is -0.688. The maximum absolute atomic E-state index is 12.4. The van der Waals surface area contributed by atoms with Crippen molar-refractivity contribution in [1.29, 1.82) is 0 Å². The van der Waals surface area contributed by atoms with Gasteiger partial charge >= 0.3 is 0 Å². The number of piperazine rings is 1. The Kier molecular flexibility index (Phi) is 4.73. The SMILES string of the molecule is CC(C)(O)CN1CCN(C(=O)c2cccc(S)c2)CC1. The van der Waals surface area contributed by atoms with E-state index in [4.69, 9.17) is 0 Å². The molecule has 1 saturated heterocycles. The fourth-order valence-corrected chi connectivity index (χ4v) is 2.70. The van der Waals surface area contributed by atoms with Crippen LogP contribution in [0.2, 0.25) is 0 Å². The Balaban J connectivity index is 1.92. The summed E-state index contributed by atoms with van der Waals surface area (Å²) in [4.78, 5) is 17.2. The molecule has 0 unspecified atom stereocenters. The van der Waals surface area contributed by atoms with Crippen molar-refractivity contribution in [2.75, 3.05) is 32.7 Å². The smallest absolute Gasteiger partial charge is 0.253 e. The van der Waals surface area contributed by atoms with Gasteiger partial charge in [0.1, 0.15) is 0 Å². The number of benzene rings is 1. The van der Waals surface area contributed by atoms with Crippen molar-refractivity contribution in [3.05, 3.63) is 29.8 Å². The van der Waals surface area contributed by atoms with Crippen LogP contribution in [0.15, 0.2) is 29.2 Å². The summed E-state index contributed by atoms with van der Waals surface area (Å²) in [5, 5.41) is 9.82. The molecular formula is C15H22N2O2S. The molecule has 0 radical (unpaired) electrons. The first kappa shape index (κ1) is 15.4. The molecule has 0 spiro atoms. The van der Waals surface area contributed by atoms with Crippen molar-refractivity contribution >= 4 is 18.5 Å². The summed E-state index contributed by atoms with van der Waals surface area (Å²) >= 11 is 4.27. The zero-order valence-electron chi connectivity index (χ0n) is 12.0. The fraction of sp³-hybridized carbons (Fsp3) is 0.533. The molecule has 2 rings (SSSR count). The number of β-amino-alcohol motifs (C(OH)–C–C–N with tert-alkyl or cyclic N) is 1. The number of hydrogen-bond acceptors (Lipinski definition) is 4. The third-order valence-electron chi connectivity index (χ3n) is 3.36. The highest BCUT2D eigenvalue weighted by Crippen LogP contribution is 2.14. The minimum Gasteiger partial charge on any atom is -0.389 e. The van der Waals surface area contributed by atoms with E-state index in [0.717, 1.165) is 18.0 Å². The van der Waals surface area contributed by atoms with E-state index >= 15 is 0 Å². The zero-order valence-corrected chi connectivity index (χ0v) is 12.9. The van der Waals surface area contributed by atoms with Crippen molar-refractivity contribution < 1.29 is 9.90 Å². The average Bonchev–Trinajstić information content (AvgIpc) is 2.37. The molecule has 1 fully saturated rings. The fourth-order valence-electron chi connectivity index (χ4n) is 2.48. The van der Waals surface area contributed by atoms with Crippen LogP contribution in [0, 0.1) is 0 Å². The first-order chi connectivity index (χ1) is 9.35. The lowest BCUT2D eigenvalue weighted by molar-refractivity contribution is 0.0178. The quantitative estimate of drug-likeness (QED) is 0.831. The normalized spacial score (nSPS) is 17.3. The van der Waals surface area contributed by atoms with Crippen molar-refractivity contribution in [3.63, 3.8) is 0 Å². The van der Waals surface area contributed by atoms with E-state index in [9.17, 15) is 9.90 Å². The molecular weight excluding hydrogens is 272 g/mol. The van der Waals surface area contributed by atoms with Gasteiger partial charge in [0.05, 0.1) is 5.60 Å². The number of nitrogens with zero attached hydrogens (tertiary/aromatic N) is 2. The molecule has 110 valence electrons. The Morgan fingerprint density at radius 1 is 1.30 bits per heavy atom. The van der Waals surface area contributed by atoms with Gasteiger partial charge in [-0.2, -0.15) is 0 Å². The van der Waals surface area contributed by atoms with E-state index in [1.165, 1.54) is 0 Å². The predicted octanol–water partition coefficient (Wildman–Crippen LogP) is 1.50. The Morgan fingerprint density at radius 2 is 1.95 bits per heavy atom. The molecule has 0 atom stereocenters. The molecule has 1 amide bonds. The largest absolute Gasteiger partial charge is 0.389 e. The second-order valence-electron chi connectivity index (χ2n) is 5.93. The van der Waals surface area contributed by atoms with Gasteiger partial charge in [0.2, 0.25) is 0 Å². The summed E-state index contributed by atoms with van der Waals surface area (Å²) in [6, 6.07) is 7.33. The first-order valence-electron chi connectivity index (χ1n) is 6.88. The van der Waals surface area contributed by atoms with Crippen molar-refractivity contribution in [1.82, 2.24) is 9.80 Å². The third-order valence-corrected chi connectivity index (χ3v) is 3.64. The Labute approximate surface area is 125 Å². The summed E-state index contributed by atoms with van der Waals surface area (Å²) in [7, 11) is 0. The van der Waals surface area contributed by atoms with Crippen LogP contribution < -0.4 is 0 Å². The Bertz CT molecular complexity index is 477. The highest BCUT2D eigenvalue weighted by Gasteiger charge is 2.25. The molecule has 0 saturated carbocycles. The summed E-state index contributed by atoms with van der Waals surface area (Å²) in [5.41, 5.74) is 0.000411. The topological polar surface area (TPSA) is 43.8 Å². The lowest BCUT2D eigenvalue weighted by Gasteiger charge is -2.37. The Hall–Kier alpha value is -1.04. The zero-order chi connectivity index (χ0) is 14.8. The van der Waals surface area contributed by atoms with E-state index in [2.05, 4.69) is 17.5 Å². The number of rotatable bonds is 3. The molecule has 1 heterocycles. The van der Waals surface area contributed by atoms with Crippen LogP contribution in [0.3, 0.4) is 0 Å². The molecule has 4 nitrogen and oxygen atoms in total. The lowest BCUT2D eigenvalue weighted by Crippen LogP contribution is -2.52. The van der Waals surface area contributed by atoms with Crippen LogP contribution in [0.4, 0.5) is 0 Å². The Morgan fingerprint density at radius 3 is 2.50 bits per heavy atom. The van der Waals surface area contributed by atoms with Gasteiger partial charge in [0.15, 0.2) is 0 Å². The molecule has 0 bridgehead atoms. The van der Waals surface area contributed by atoms with Gasteiger partial charge in [-0.3, -0.25) is 9.69 Å². The van der Waals surface area contributed by atoms with Gasteiger partial charge in [0.25, 0.3) is 5.91 Å². The number of carbonyl (C=O) groups is 1. The second-order valence-corrected chi connectivity index (χ2v) is 6.45. The van der Waals surface area contributed by atoms with Crippen LogP contribution in [0.25, 0.3) is 0 Å². The first-order valence-corrected chi connectivity index (χ1v) is 7.33. The monoisotopic (exact) mass is 294 g/mol. The van der Waals surface area contributed by atoms with E-state index in [1.807, 2.05) is 36.9 Å². The molecule has 1 aliphatic heterocycles. The minimum absolute atomic E-state index is 0.0591. The van der Waals surface area contributed by atoms with Gasteiger partial charge in [-0.1, -0.05) is 6.07 Å².